The van der Waals surface area contributed by atoms with Gasteiger partial charge in [-0.1, -0.05) is 0 Å². The van der Waals surface area contributed by atoms with Gasteiger partial charge in [-0.25, -0.2) is 14.4 Å². The Morgan fingerprint density at radius 3 is 2.38 bits per heavy atom. The Labute approximate surface area is 135 Å². The Kier molecular flexibility index (Phi) is 5.16. The third-order valence-electron chi connectivity index (χ3n) is 2.92. The van der Waals surface area contributed by atoms with Gasteiger partial charge in [-0.15, -0.1) is 0 Å². The molecule has 1 N–H and O–H groups in total. The molecule has 10 heteroatoms. The molecule has 0 amide bonds. The standard InChI is InChI=1S/C14H10FN7O2/c15-10-1-3-11(4-2-10)20-13-12(22(23)24)14(19-9-18-13)21(7-5-16)8-6-17/h1-4,9H,7-8H2,(H,18,19,20). The number of halogens is 1. The van der Waals surface area contributed by atoms with E-state index in [1.165, 1.54) is 24.3 Å². The molecule has 0 saturated carbocycles. The van der Waals surface area contributed by atoms with Crippen LogP contribution in [0.25, 0.3) is 0 Å². The van der Waals surface area contributed by atoms with Crippen LogP contribution in [0.2, 0.25) is 0 Å². The van der Waals surface area contributed by atoms with Crippen LogP contribution in [0.4, 0.5) is 27.4 Å². The number of rotatable bonds is 6. The van der Waals surface area contributed by atoms with Crippen molar-refractivity contribution in [3.05, 3.63) is 46.5 Å². The Morgan fingerprint density at radius 2 is 1.83 bits per heavy atom. The largest absolute Gasteiger partial charge is 0.353 e. The summed E-state index contributed by atoms with van der Waals surface area (Å²) in [6, 6.07) is 8.81. The number of anilines is 3. The second-order valence-electron chi connectivity index (χ2n) is 4.46. The van der Waals surface area contributed by atoms with Gasteiger partial charge in [0.15, 0.2) is 0 Å². The molecule has 1 aromatic heterocycles. The first-order valence-corrected chi connectivity index (χ1v) is 6.57. The van der Waals surface area contributed by atoms with E-state index in [2.05, 4.69) is 15.3 Å². The zero-order valence-corrected chi connectivity index (χ0v) is 12.2. The average molecular weight is 327 g/mol. The topological polar surface area (TPSA) is 132 Å². The summed E-state index contributed by atoms with van der Waals surface area (Å²) in [5, 5.41) is 31.8. The molecule has 1 heterocycles. The number of benzene rings is 1. The zero-order chi connectivity index (χ0) is 17.5. The van der Waals surface area contributed by atoms with Gasteiger partial charge >= 0.3 is 5.69 Å². The van der Waals surface area contributed by atoms with Crippen molar-refractivity contribution >= 4 is 23.0 Å². The van der Waals surface area contributed by atoms with Crippen molar-refractivity contribution in [2.75, 3.05) is 23.3 Å². The fraction of sp³-hybridized carbons (Fsp3) is 0.143. The highest BCUT2D eigenvalue weighted by atomic mass is 19.1. The van der Waals surface area contributed by atoms with E-state index in [4.69, 9.17) is 10.5 Å². The highest BCUT2D eigenvalue weighted by molar-refractivity contribution is 5.74. The molecule has 0 aliphatic heterocycles. The monoisotopic (exact) mass is 327 g/mol. The van der Waals surface area contributed by atoms with E-state index in [0.717, 1.165) is 11.2 Å². The first kappa shape index (κ1) is 16.6. The second kappa shape index (κ2) is 7.47. The molecule has 0 radical (unpaired) electrons. The minimum atomic E-state index is -0.705. The molecule has 0 atom stereocenters. The van der Waals surface area contributed by atoms with Gasteiger partial charge in [0, 0.05) is 5.69 Å². The molecular weight excluding hydrogens is 317 g/mol. The quantitative estimate of drug-likeness (QED) is 0.484. The molecule has 0 aliphatic carbocycles. The van der Waals surface area contributed by atoms with Crippen molar-refractivity contribution in [3.63, 3.8) is 0 Å². The molecule has 0 aliphatic rings. The third kappa shape index (κ3) is 3.69. The molecule has 0 unspecified atom stereocenters. The lowest BCUT2D eigenvalue weighted by Gasteiger charge is -2.17. The number of nitriles is 2. The lowest BCUT2D eigenvalue weighted by molar-refractivity contribution is -0.383. The summed E-state index contributed by atoms with van der Waals surface area (Å²) in [4.78, 5) is 19.5. The van der Waals surface area contributed by atoms with Gasteiger partial charge in [0.25, 0.3) is 0 Å². The molecule has 0 spiro atoms. The zero-order valence-electron chi connectivity index (χ0n) is 12.2. The van der Waals surface area contributed by atoms with Crippen LogP contribution in [-0.2, 0) is 0 Å². The molecule has 0 saturated heterocycles. The SMILES string of the molecule is N#CCN(CC#N)c1ncnc(Nc2ccc(F)cc2)c1[N+](=O)[O-]. The summed E-state index contributed by atoms with van der Waals surface area (Å²) in [5.74, 6) is -0.729. The Morgan fingerprint density at radius 1 is 1.21 bits per heavy atom. The fourth-order valence-electron chi connectivity index (χ4n) is 1.91. The normalized spacial score (nSPS) is 9.62. The summed E-state index contributed by atoms with van der Waals surface area (Å²) in [5.41, 5.74) is -0.0939. The summed E-state index contributed by atoms with van der Waals surface area (Å²) < 4.78 is 12.9. The van der Waals surface area contributed by atoms with Crippen LogP contribution in [0.5, 0.6) is 0 Å². The van der Waals surface area contributed by atoms with Gasteiger partial charge in [0.1, 0.15) is 25.2 Å². The van der Waals surface area contributed by atoms with Gasteiger partial charge in [0.05, 0.1) is 17.1 Å². The minimum Gasteiger partial charge on any atom is -0.334 e. The molecule has 2 rings (SSSR count). The number of hydrogen-bond donors (Lipinski definition) is 1. The minimum absolute atomic E-state index is 0.127. The van der Waals surface area contributed by atoms with Gasteiger partial charge in [-0.2, -0.15) is 10.5 Å². The molecule has 2 aromatic rings. The number of nitro groups is 1. The maximum Gasteiger partial charge on any atom is 0.353 e. The van der Waals surface area contributed by atoms with E-state index in [1.807, 2.05) is 12.1 Å². The van der Waals surface area contributed by atoms with Crippen LogP contribution in [0.1, 0.15) is 0 Å². The van der Waals surface area contributed by atoms with E-state index < -0.39 is 16.4 Å². The van der Waals surface area contributed by atoms with Crippen LogP contribution >= 0.6 is 0 Å². The summed E-state index contributed by atoms with van der Waals surface area (Å²) in [6.45, 7) is -0.497. The van der Waals surface area contributed by atoms with E-state index >= 15 is 0 Å². The summed E-state index contributed by atoms with van der Waals surface area (Å²) in [7, 11) is 0. The van der Waals surface area contributed by atoms with Crippen LogP contribution in [0, 0.1) is 38.6 Å². The van der Waals surface area contributed by atoms with Crippen LogP contribution in [-0.4, -0.2) is 28.0 Å². The molecule has 0 fully saturated rings. The fourth-order valence-corrected chi connectivity index (χ4v) is 1.91. The lowest BCUT2D eigenvalue weighted by atomic mass is 10.3. The maximum atomic E-state index is 12.9. The predicted octanol–water partition coefficient (Wildman–Crippen LogP) is 2.12. The average Bonchev–Trinajstić information content (AvgIpc) is 2.56. The molecule has 0 bridgehead atoms. The second-order valence-corrected chi connectivity index (χ2v) is 4.46. The first-order valence-electron chi connectivity index (χ1n) is 6.57. The highest BCUT2D eigenvalue weighted by Crippen LogP contribution is 2.33. The van der Waals surface area contributed by atoms with Crippen LogP contribution in [0.15, 0.2) is 30.6 Å². The molecule has 9 nitrogen and oxygen atoms in total. The number of aromatic nitrogens is 2. The van der Waals surface area contributed by atoms with Crippen molar-refractivity contribution < 1.29 is 9.31 Å². The number of nitrogens with zero attached hydrogens (tertiary/aromatic N) is 6. The molecular formula is C14H10FN7O2. The number of nitrogens with one attached hydrogen (secondary N) is 1. The van der Waals surface area contributed by atoms with Gasteiger partial charge < -0.3 is 10.2 Å². The number of hydrogen-bond acceptors (Lipinski definition) is 8. The Balaban J connectivity index is 2.47. The van der Waals surface area contributed by atoms with Gasteiger partial charge in [0.2, 0.25) is 11.6 Å². The lowest BCUT2D eigenvalue weighted by Crippen LogP contribution is -2.26. The van der Waals surface area contributed by atoms with Crippen LogP contribution in [0.3, 0.4) is 0 Å². The van der Waals surface area contributed by atoms with Crippen molar-refractivity contribution in [1.29, 1.82) is 10.5 Å². The van der Waals surface area contributed by atoms with Gasteiger partial charge in [-0.05, 0) is 24.3 Å². The van der Waals surface area contributed by atoms with E-state index in [9.17, 15) is 14.5 Å². The highest BCUT2D eigenvalue weighted by Gasteiger charge is 2.27. The first-order chi connectivity index (χ1) is 11.6. The maximum absolute atomic E-state index is 12.9. The molecule has 120 valence electrons. The van der Waals surface area contributed by atoms with Crippen molar-refractivity contribution in [3.8, 4) is 12.1 Å². The Hall–Kier alpha value is -3.79. The third-order valence-corrected chi connectivity index (χ3v) is 2.92. The van der Waals surface area contributed by atoms with E-state index in [1.54, 1.807) is 0 Å². The smallest absolute Gasteiger partial charge is 0.334 e. The van der Waals surface area contributed by atoms with Gasteiger partial charge in [-0.3, -0.25) is 10.1 Å². The molecule has 24 heavy (non-hydrogen) atoms. The van der Waals surface area contributed by atoms with E-state index in [-0.39, 0.29) is 24.7 Å². The predicted molar refractivity (Wildman–Crippen MR) is 81.8 cm³/mol. The van der Waals surface area contributed by atoms with Crippen LogP contribution < -0.4 is 10.2 Å². The Bertz CT molecular complexity index is 810. The summed E-state index contributed by atoms with van der Waals surface area (Å²) in [6.07, 6.45) is 1.08. The summed E-state index contributed by atoms with van der Waals surface area (Å²) >= 11 is 0. The van der Waals surface area contributed by atoms with E-state index in [0.29, 0.717) is 5.69 Å². The molecule has 1 aromatic carbocycles. The van der Waals surface area contributed by atoms with Crippen molar-refractivity contribution in [1.82, 2.24) is 9.97 Å². The van der Waals surface area contributed by atoms with Crippen molar-refractivity contribution in [2.24, 2.45) is 0 Å². The van der Waals surface area contributed by atoms with Crippen molar-refractivity contribution in [2.45, 2.75) is 0 Å².